The van der Waals surface area contributed by atoms with E-state index in [4.69, 9.17) is 4.74 Å². The van der Waals surface area contributed by atoms with Crippen molar-refractivity contribution in [1.29, 1.82) is 0 Å². The fourth-order valence-electron chi connectivity index (χ4n) is 5.02. The van der Waals surface area contributed by atoms with Gasteiger partial charge in [-0.1, -0.05) is 12.1 Å². The zero-order valence-corrected chi connectivity index (χ0v) is 19.5. The van der Waals surface area contributed by atoms with Crippen molar-refractivity contribution in [2.45, 2.75) is 48.7 Å². The standard InChI is InChI=1S/C24H20F2N4O4S/c1-24(2,31)22-27-10-13(11-28-22)12-6-7-14-15(8-12)30-16-9-19(21(30)29-14)35(32,33)18-5-3-4-17(20(16)18)34-23(25)26/h3-8,10-11,16,19,23,31H,9H2,1-2H3/t16-,19?/m1/s1. The summed E-state index contributed by atoms with van der Waals surface area (Å²) in [6, 6.07) is 9.17. The number of imidazole rings is 1. The highest BCUT2D eigenvalue weighted by Crippen LogP contribution is 2.55. The SMILES string of the molecule is CC(C)(O)c1ncc(-c2ccc3nc4n(c3c2)[C@@H]2CC4S(=O)(=O)c3cccc(OC(F)F)c32)cn1. The van der Waals surface area contributed by atoms with Gasteiger partial charge in [0.2, 0.25) is 0 Å². The zero-order chi connectivity index (χ0) is 24.7. The lowest BCUT2D eigenvalue weighted by Crippen LogP contribution is -2.21. The summed E-state index contributed by atoms with van der Waals surface area (Å²) in [7, 11) is -3.84. The van der Waals surface area contributed by atoms with Crippen molar-refractivity contribution in [2.24, 2.45) is 0 Å². The lowest BCUT2D eigenvalue weighted by molar-refractivity contribution is -0.0509. The van der Waals surface area contributed by atoms with Gasteiger partial charge in [0.25, 0.3) is 0 Å². The minimum atomic E-state index is -3.84. The number of alkyl halides is 2. The van der Waals surface area contributed by atoms with E-state index < -0.39 is 33.3 Å². The summed E-state index contributed by atoms with van der Waals surface area (Å²) in [4.78, 5) is 13.1. The first kappa shape index (κ1) is 22.1. The predicted octanol–water partition coefficient (Wildman–Crippen LogP) is 4.14. The smallest absolute Gasteiger partial charge is 0.387 e. The molecule has 0 saturated carbocycles. The number of halogens is 2. The van der Waals surface area contributed by atoms with Crippen LogP contribution in [0.4, 0.5) is 8.78 Å². The molecule has 1 N–H and O–H groups in total. The highest BCUT2D eigenvalue weighted by molar-refractivity contribution is 7.91. The molecule has 4 heterocycles. The van der Waals surface area contributed by atoms with Crippen LogP contribution >= 0.6 is 0 Å². The van der Waals surface area contributed by atoms with Gasteiger partial charge in [0, 0.05) is 23.5 Å². The number of benzene rings is 2. The van der Waals surface area contributed by atoms with Crippen molar-refractivity contribution in [3.63, 3.8) is 0 Å². The number of aromatic nitrogens is 4. The maximum Gasteiger partial charge on any atom is 0.387 e. The van der Waals surface area contributed by atoms with Crippen molar-refractivity contribution in [2.75, 3.05) is 0 Å². The Morgan fingerprint density at radius 2 is 1.89 bits per heavy atom. The Kier molecular flexibility index (Phi) is 4.59. The topological polar surface area (TPSA) is 107 Å². The summed E-state index contributed by atoms with van der Waals surface area (Å²) in [6.45, 7) is 0.111. The van der Waals surface area contributed by atoms with Gasteiger partial charge in [0.1, 0.15) is 22.4 Å². The quantitative estimate of drug-likeness (QED) is 0.451. The molecule has 0 saturated heterocycles. The average molecular weight is 499 g/mol. The third kappa shape index (κ3) is 3.25. The van der Waals surface area contributed by atoms with Crippen LogP contribution in [-0.2, 0) is 15.4 Å². The minimum Gasteiger partial charge on any atom is -0.434 e. The maximum absolute atomic E-state index is 13.4. The second-order valence-electron chi connectivity index (χ2n) is 9.23. The Hall–Kier alpha value is -3.44. The maximum atomic E-state index is 13.4. The molecule has 11 heteroatoms. The molecule has 2 aliphatic heterocycles. The molecule has 180 valence electrons. The number of rotatable bonds is 4. The van der Waals surface area contributed by atoms with E-state index in [0.717, 1.165) is 5.56 Å². The summed E-state index contributed by atoms with van der Waals surface area (Å²) in [5, 5.41) is 9.24. The number of sulfone groups is 1. The molecule has 1 unspecified atom stereocenters. The van der Waals surface area contributed by atoms with Crippen molar-refractivity contribution in [3.8, 4) is 16.9 Å². The lowest BCUT2D eigenvalue weighted by atomic mass is 10.0. The molecular weight excluding hydrogens is 478 g/mol. The lowest BCUT2D eigenvalue weighted by Gasteiger charge is -2.26. The minimum absolute atomic E-state index is 0.00214. The third-order valence-electron chi connectivity index (χ3n) is 6.54. The van der Waals surface area contributed by atoms with Crippen LogP contribution in [0.25, 0.3) is 22.2 Å². The number of aliphatic hydroxyl groups is 1. The van der Waals surface area contributed by atoms with Crippen LogP contribution in [0.1, 0.15) is 48.8 Å². The molecule has 0 fully saturated rings. The molecule has 6 rings (SSSR count). The highest BCUT2D eigenvalue weighted by Gasteiger charge is 2.50. The second kappa shape index (κ2) is 7.28. The number of nitrogens with zero attached hydrogens (tertiary/aromatic N) is 4. The van der Waals surface area contributed by atoms with Crippen molar-refractivity contribution >= 4 is 20.9 Å². The van der Waals surface area contributed by atoms with Crippen LogP contribution < -0.4 is 4.74 Å². The Balaban J connectivity index is 1.53. The number of ether oxygens (including phenoxy) is 1. The molecule has 0 amide bonds. The molecule has 2 bridgehead atoms. The van der Waals surface area contributed by atoms with Crippen LogP contribution in [0.2, 0.25) is 0 Å². The molecule has 8 nitrogen and oxygen atoms in total. The first-order valence-corrected chi connectivity index (χ1v) is 12.5. The normalized spacial score (nSPS) is 20.2. The van der Waals surface area contributed by atoms with E-state index in [9.17, 15) is 22.3 Å². The first-order valence-electron chi connectivity index (χ1n) is 10.9. The van der Waals surface area contributed by atoms with Crippen LogP contribution in [-0.4, -0.2) is 39.7 Å². The molecule has 2 atom stereocenters. The predicted molar refractivity (Wildman–Crippen MR) is 122 cm³/mol. The van der Waals surface area contributed by atoms with Gasteiger partial charge < -0.3 is 14.4 Å². The molecule has 2 aliphatic rings. The summed E-state index contributed by atoms with van der Waals surface area (Å²) < 4.78 is 59.6. The van der Waals surface area contributed by atoms with E-state index in [0.29, 0.717) is 22.4 Å². The first-order chi connectivity index (χ1) is 16.6. The van der Waals surface area contributed by atoms with E-state index in [-0.39, 0.29) is 28.5 Å². The number of fused-ring (bicyclic) bond motifs is 9. The van der Waals surface area contributed by atoms with Crippen LogP contribution in [0.15, 0.2) is 53.7 Å². The van der Waals surface area contributed by atoms with E-state index >= 15 is 0 Å². The number of hydrogen-bond donors (Lipinski definition) is 1. The van der Waals surface area contributed by atoms with Crippen LogP contribution in [0.3, 0.4) is 0 Å². The number of hydrogen-bond acceptors (Lipinski definition) is 7. The fraction of sp³-hybridized carbons (Fsp3) is 0.292. The Labute approximate surface area is 199 Å². The van der Waals surface area contributed by atoms with Gasteiger partial charge in [-0.25, -0.2) is 23.4 Å². The summed E-state index contributed by atoms with van der Waals surface area (Å²) in [5.41, 5.74) is 1.79. The van der Waals surface area contributed by atoms with E-state index in [1.54, 1.807) is 32.3 Å². The van der Waals surface area contributed by atoms with E-state index in [1.165, 1.54) is 18.2 Å². The fourth-order valence-corrected chi connectivity index (χ4v) is 7.01. The molecule has 0 aliphatic carbocycles. The average Bonchev–Trinajstić information content (AvgIpc) is 3.33. The molecule has 0 radical (unpaired) electrons. The molecule has 2 aromatic carbocycles. The monoisotopic (exact) mass is 498 g/mol. The van der Waals surface area contributed by atoms with Gasteiger partial charge in [-0.2, -0.15) is 8.78 Å². The van der Waals surface area contributed by atoms with Gasteiger partial charge in [0.15, 0.2) is 15.7 Å². The highest BCUT2D eigenvalue weighted by atomic mass is 32.2. The largest absolute Gasteiger partial charge is 0.434 e. The van der Waals surface area contributed by atoms with Crippen molar-refractivity contribution < 1.29 is 27.0 Å². The van der Waals surface area contributed by atoms with Crippen molar-refractivity contribution in [3.05, 3.63) is 66.0 Å². The van der Waals surface area contributed by atoms with Crippen LogP contribution in [0, 0.1) is 0 Å². The Morgan fingerprint density at radius 3 is 2.57 bits per heavy atom. The molecule has 0 spiro atoms. The van der Waals surface area contributed by atoms with E-state index in [1.807, 2.05) is 16.7 Å². The second-order valence-corrected chi connectivity index (χ2v) is 11.3. The molecule has 2 aromatic heterocycles. The van der Waals surface area contributed by atoms with Gasteiger partial charge in [-0.15, -0.1) is 0 Å². The Morgan fingerprint density at radius 1 is 1.14 bits per heavy atom. The molecule has 35 heavy (non-hydrogen) atoms. The van der Waals surface area contributed by atoms with Crippen LogP contribution in [0.5, 0.6) is 5.75 Å². The summed E-state index contributed by atoms with van der Waals surface area (Å²) in [5.74, 6) is 0.524. The van der Waals surface area contributed by atoms with E-state index in [2.05, 4.69) is 15.0 Å². The molecular formula is C24H20F2N4O4S. The zero-order valence-electron chi connectivity index (χ0n) is 18.7. The van der Waals surface area contributed by atoms with Crippen molar-refractivity contribution in [1.82, 2.24) is 19.5 Å². The molecule has 4 aromatic rings. The summed E-state index contributed by atoms with van der Waals surface area (Å²) >= 11 is 0. The van der Waals surface area contributed by atoms with Gasteiger partial charge in [-0.3, -0.25) is 0 Å². The van der Waals surface area contributed by atoms with Gasteiger partial charge in [-0.05, 0) is 50.1 Å². The Bertz CT molecular complexity index is 1590. The van der Waals surface area contributed by atoms with Gasteiger partial charge in [0.05, 0.1) is 22.0 Å². The van der Waals surface area contributed by atoms with Gasteiger partial charge >= 0.3 is 6.61 Å². The summed E-state index contributed by atoms with van der Waals surface area (Å²) in [6.07, 6.45) is 3.41. The third-order valence-corrected chi connectivity index (χ3v) is 8.66.